The lowest BCUT2D eigenvalue weighted by Gasteiger charge is -2.32. The average Bonchev–Trinajstić information content (AvgIpc) is 3.58. The van der Waals surface area contributed by atoms with Gasteiger partial charge in [-0.3, -0.25) is 9.59 Å². The molecule has 1 N–H and O–H groups in total. The summed E-state index contributed by atoms with van der Waals surface area (Å²) >= 11 is 0. The second kappa shape index (κ2) is 9.33. The number of amides is 2. The molecular weight excluding hydrogens is 376 g/mol. The van der Waals surface area contributed by atoms with Gasteiger partial charge in [-0.05, 0) is 68.4 Å². The van der Waals surface area contributed by atoms with Crippen LogP contribution in [0.15, 0.2) is 48.5 Å². The number of ether oxygens (including phenoxy) is 1. The van der Waals surface area contributed by atoms with Crippen molar-refractivity contribution in [1.82, 2.24) is 10.2 Å². The molecule has 0 spiro atoms. The fraction of sp³-hybridized carbons (Fsp3) is 0.440. The summed E-state index contributed by atoms with van der Waals surface area (Å²) in [6.45, 7) is 4.28. The first-order chi connectivity index (χ1) is 14.6. The zero-order chi connectivity index (χ0) is 20.9. The van der Waals surface area contributed by atoms with E-state index in [4.69, 9.17) is 4.74 Å². The van der Waals surface area contributed by atoms with Crippen LogP contribution in [-0.2, 0) is 11.2 Å². The van der Waals surface area contributed by atoms with Gasteiger partial charge in [0.1, 0.15) is 5.75 Å². The summed E-state index contributed by atoms with van der Waals surface area (Å²) in [6.07, 6.45) is 4.57. The molecule has 2 aromatic rings. The van der Waals surface area contributed by atoms with Crippen LogP contribution in [0.3, 0.4) is 0 Å². The number of benzene rings is 2. The van der Waals surface area contributed by atoms with Crippen LogP contribution in [0.25, 0.3) is 0 Å². The molecule has 4 rings (SSSR count). The summed E-state index contributed by atoms with van der Waals surface area (Å²) in [5, 5.41) is 2.99. The maximum absolute atomic E-state index is 12.6. The van der Waals surface area contributed by atoms with Crippen LogP contribution in [0.2, 0.25) is 0 Å². The van der Waals surface area contributed by atoms with E-state index in [9.17, 15) is 9.59 Å². The first-order valence-corrected chi connectivity index (χ1v) is 10.9. The van der Waals surface area contributed by atoms with E-state index in [1.807, 2.05) is 41.3 Å². The zero-order valence-corrected chi connectivity index (χ0v) is 17.6. The average molecular weight is 407 g/mol. The summed E-state index contributed by atoms with van der Waals surface area (Å²) in [5.74, 6) is 1.44. The molecule has 1 aliphatic heterocycles. The quantitative estimate of drug-likeness (QED) is 0.762. The second-order valence-corrected chi connectivity index (χ2v) is 8.57. The minimum Gasteiger partial charge on any atom is -0.493 e. The predicted molar refractivity (Wildman–Crippen MR) is 117 cm³/mol. The third kappa shape index (κ3) is 5.62. The number of hydrogen-bond acceptors (Lipinski definition) is 3. The Labute approximate surface area is 178 Å². The summed E-state index contributed by atoms with van der Waals surface area (Å²) in [7, 11) is 0. The number of nitrogens with zero attached hydrogens (tertiary/aromatic N) is 1. The van der Waals surface area contributed by atoms with E-state index in [0.29, 0.717) is 30.6 Å². The number of carbonyl (C=O) groups excluding carboxylic acids is 2. The van der Waals surface area contributed by atoms with Crippen LogP contribution < -0.4 is 10.1 Å². The van der Waals surface area contributed by atoms with Gasteiger partial charge in [0, 0.05) is 24.7 Å². The predicted octanol–water partition coefficient (Wildman–Crippen LogP) is 3.75. The van der Waals surface area contributed by atoms with E-state index in [0.717, 1.165) is 50.1 Å². The van der Waals surface area contributed by atoms with Gasteiger partial charge in [-0.1, -0.05) is 29.8 Å². The van der Waals surface area contributed by atoms with Crippen molar-refractivity contribution in [3.8, 4) is 5.75 Å². The summed E-state index contributed by atoms with van der Waals surface area (Å²) in [5.41, 5.74) is 2.96. The van der Waals surface area contributed by atoms with E-state index in [-0.39, 0.29) is 11.8 Å². The van der Waals surface area contributed by atoms with Crippen LogP contribution in [0, 0.1) is 12.8 Å². The van der Waals surface area contributed by atoms with Gasteiger partial charge < -0.3 is 15.0 Å². The molecule has 0 aromatic heterocycles. The second-order valence-electron chi connectivity index (χ2n) is 8.57. The summed E-state index contributed by atoms with van der Waals surface area (Å²) in [6, 6.07) is 15.9. The van der Waals surface area contributed by atoms with Crippen molar-refractivity contribution in [3.05, 3.63) is 65.2 Å². The Bertz CT molecular complexity index is 864. The molecule has 5 nitrogen and oxygen atoms in total. The first kappa shape index (κ1) is 20.5. The number of aryl methyl sites for hydroxylation is 1. The molecule has 2 amide bonds. The molecule has 0 radical (unpaired) electrons. The fourth-order valence-corrected chi connectivity index (χ4v) is 3.75. The lowest BCUT2D eigenvalue weighted by Crippen LogP contribution is -2.40. The Morgan fingerprint density at radius 2 is 1.63 bits per heavy atom. The third-order valence-electron chi connectivity index (χ3n) is 5.96. The van der Waals surface area contributed by atoms with Crippen molar-refractivity contribution < 1.29 is 14.3 Å². The van der Waals surface area contributed by atoms with Crippen molar-refractivity contribution in [3.63, 3.8) is 0 Å². The molecule has 30 heavy (non-hydrogen) atoms. The van der Waals surface area contributed by atoms with Gasteiger partial charge in [0.2, 0.25) is 5.91 Å². The third-order valence-corrected chi connectivity index (χ3v) is 5.96. The standard InChI is InChI=1S/C25H30N2O3/c1-18-2-4-19(5-3-18)16-24(28)27-14-12-20(13-15-27)17-30-23-10-6-21(7-11-23)25(29)26-22-8-9-22/h2-7,10-11,20,22H,8-9,12-17H2,1H3,(H,26,29). The number of hydrogen-bond donors (Lipinski definition) is 1. The fourth-order valence-electron chi connectivity index (χ4n) is 3.75. The Hall–Kier alpha value is -2.82. The Kier molecular flexibility index (Phi) is 6.36. The van der Waals surface area contributed by atoms with E-state index in [1.54, 1.807) is 0 Å². The number of rotatable bonds is 7. The van der Waals surface area contributed by atoms with Gasteiger partial charge in [0.15, 0.2) is 0 Å². The molecular formula is C25H30N2O3. The maximum atomic E-state index is 12.6. The molecule has 1 saturated carbocycles. The van der Waals surface area contributed by atoms with Crippen molar-refractivity contribution in [1.29, 1.82) is 0 Å². The minimum atomic E-state index is -0.00766. The van der Waals surface area contributed by atoms with Gasteiger partial charge in [-0.25, -0.2) is 0 Å². The molecule has 0 bridgehead atoms. The van der Waals surface area contributed by atoms with E-state index in [2.05, 4.69) is 24.4 Å². The first-order valence-electron chi connectivity index (χ1n) is 10.9. The lowest BCUT2D eigenvalue weighted by molar-refractivity contribution is -0.132. The number of carbonyl (C=O) groups is 2. The Balaban J connectivity index is 1.18. The molecule has 0 atom stereocenters. The molecule has 1 heterocycles. The number of piperidine rings is 1. The minimum absolute atomic E-state index is 0.00766. The van der Waals surface area contributed by atoms with Crippen molar-refractivity contribution >= 4 is 11.8 Å². The van der Waals surface area contributed by atoms with Gasteiger partial charge in [-0.2, -0.15) is 0 Å². The van der Waals surface area contributed by atoms with Crippen LogP contribution in [-0.4, -0.2) is 42.5 Å². The summed E-state index contributed by atoms with van der Waals surface area (Å²) < 4.78 is 5.94. The molecule has 158 valence electrons. The SMILES string of the molecule is Cc1ccc(CC(=O)N2CCC(COc3ccc(C(=O)NC4CC4)cc3)CC2)cc1. The van der Waals surface area contributed by atoms with E-state index < -0.39 is 0 Å². The van der Waals surface area contributed by atoms with Crippen LogP contribution in [0.1, 0.15) is 47.2 Å². The van der Waals surface area contributed by atoms with Crippen molar-refractivity contribution in [2.24, 2.45) is 5.92 Å². The molecule has 1 saturated heterocycles. The van der Waals surface area contributed by atoms with Gasteiger partial charge in [0.05, 0.1) is 13.0 Å². The highest BCUT2D eigenvalue weighted by molar-refractivity contribution is 5.94. The van der Waals surface area contributed by atoms with E-state index >= 15 is 0 Å². The highest BCUT2D eigenvalue weighted by Crippen LogP contribution is 2.22. The number of nitrogens with one attached hydrogen (secondary N) is 1. The molecule has 2 aromatic carbocycles. The van der Waals surface area contributed by atoms with Gasteiger partial charge in [-0.15, -0.1) is 0 Å². The van der Waals surface area contributed by atoms with Crippen molar-refractivity contribution in [2.75, 3.05) is 19.7 Å². The zero-order valence-electron chi connectivity index (χ0n) is 17.6. The lowest BCUT2D eigenvalue weighted by atomic mass is 9.97. The largest absolute Gasteiger partial charge is 0.493 e. The topological polar surface area (TPSA) is 58.6 Å². The van der Waals surface area contributed by atoms with Crippen molar-refractivity contribution in [2.45, 2.75) is 45.1 Å². The molecule has 1 aliphatic carbocycles. The smallest absolute Gasteiger partial charge is 0.251 e. The normalized spacial score (nSPS) is 16.9. The molecule has 2 fully saturated rings. The Morgan fingerprint density at radius 1 is 0.967 bits per heavy atom. The monoisotopic (exact) mass is 406 g/mol. The number of likely N-dealkylation sites (tertiary alicyclic amines) is 1. The van der Waals surface area contributed by atoms with Crippen LogP contribution in [0.4, 0.5) is 0 Å². The Morgan fingerprint density at radius 3 is 2.27 bits per heavy atom. The maximum Gasteiger partial charge on any atom is 0.251 e. The molecule has 5 heteroatoms. The highest BCUT2D eigenvalue weighted by Gasteiger charge is 2.24. The summed E-state index contributed by atoms with van der Waals surface area (Å²) in [4.78, 5) is 26.6. The van der Waals surface area contributed by atoms with Crippen LogP contribution in [0.5, 0.6) is 5.75 Å². The van der Waals surface area contributed by atoms with Crippen LogP contribution >= 0.6 is 0 Å². The highest BCUT2D eigenvalue weighted by atomic mass is 16.5. The van der Waals surface area contributed by atoms with Gasteiger partial charge >= 0.3 is 0 Å². The van der Waals surface area contributed by atoms with Gasteiger partial charge in [0.25, 0.3) is 5.91 Å². The van der Waals surface area contributed by atoms with E-state index in [1.165, 1.54) is 5.56 Å². The molecule has 2 aliphatic rings. The molecule has 0 unspecified atom stereocenters.